The monoisotopic (exact) mass is 367 g/mol. The molecule has 1 unspecified atom stereocenters. The third-order valence-corrected chi connectivity index (χ3v) is 4.51. The van der Waals surface area contributed by atoms with Crippen molar-refractivity contribution >= 4 is 21.8 Å². The van der Waals surface area contributed by atoms with Gasteiger partial charge >= 0.3 is 0 Å². The van der Waals surface area contributed by atoms with Crippen LogP contribution in [0.2, 0.25) is 0 Å². The van der Waals surface area contributed by atoms with Gasteiger partial charge in [-0.2, -0.15) is 9.78 Å². The molecule has 0 fully saturated rings. The van der Waals surface area contributed by atoms with Gasteiger partial charge < -0.3 is 4.74 Å². The van der Waals surface area contributed by atoms with E-state index in [9.17, 15) is 9.59 Å². The minimum absolute atomic E-state index is 0.217. The number of nitrogens with zero attached hydrogens (tertiary/aromatic N) is 9. The molecule has 1 aliphatic rings. The van der Waals surface area contributed by atoms with Gasteiger partial charge in [-0.15, -0.1) is 15.3 Å². The number of aromatic nitrogens is 9. The van der Waals surface area contributed by atoms with Gasteiger partial charge in [0.25, 0.3) is 17.1 Å². The molecule has 0 saturated carbocycles. The predicted octanol–water partition coefficient (Wildman–Crippen LogP) is -0.859. The molecule has 12 heteroatoms. The molecule has 0 aliphatic carbocycles. The summed E-state index contributed by atoms with van der Waals surface area (Å²) >= 11 is 0. The van der Waals surface area contributed by atoms with Crippen molar-refractivity contribution in [2.24, 2.45) is 0 Å². The molecule has 3 aromatic heterocycles. The highest BCUT2D eigenvalue weighted by Crippen LogP contribution is 2.20. The van der Waals surface area contributed by atoms with Crippen LogP contribution in [0.15, 0.2) is 28.0 Å². The summed E-state index contributed by atoms with van der Waals surface area (Å²) in [6, 6.07) is 3.03. The zero-order chi connectivity index (χ0) is 18.5. The van der Waals surface area contributed by atoms with Gasteiger partial charge in [-0.1, -0.05) is 5.21 Å². The quantitative estimate of drug-likeness (QED) is 0.424. The van der Waals surface area contributed by atoms with E-state index < -0.39 is 0 Å². The fourth-order valence-electron chi connectivity index (χ4n) is 3.16. The van der Waals surface area contributed by atoms with E-state index in [0.29, 0.717) is 41.5 Å². The van der Waals surface area contributed by atoms with Crippen molar-refractivity contribution < 1.29 is 4.74 Å². The molecule has 4 heterocycles. The largest absolute Gasteiger partial charge is 0.463 e. The van der Waals surface area contributed by atoms with Gasteiger partial charge in [0.15, 0.2) is 6.33 Å². The SMILES string of the molecule is CC(Cn1ncnn1)n1nnc2cc3c(=O)n4c(nc3cc2c1=O)OCC4. The lowest BCUT2D eigenvalue weighted by Crippen LogP contribution is -2.30. The average Bonchev–Trinajstić information content (AvgIpc) is 3.33. The molecule has 1 aliphatic heterocycles. The van der Waals surface area contributed by atoms with Gasteiger partial charge in [-0.3, -0.25) is 14.2 Å². The number of benzene rings is 1. The molecule has 12 nitrogen and oxygen atoms in total. The Bertz CT molecular complexity index is 1290. The van der Waals surface area contributed by atoms with Crippen molar-refractivity contribution in [2.75, 3.05) is 6.61 Å². The Balaban J connectivity index is 1.67. The van der Waals surface area contributed by atoms with E-state index in [1.165, 1.54) is 20.4 Å². The summed E-state index contributed by atoms with van der Waals surface area (Å²) < 4.78 is 8.09. The Morgan fingerprint density at radius 2 is 1.96 bits per heavy atom. The zero-order valence-corrected chi connectivity index (χ0v) is 14.2. The minimum Gasteiger partial charge on any atom is -0.463 e. The van der Waals surface area contributed by atoms with Crippen LogP contribution >= 0.6 is 0 Å². The molecule has 0 N–H and O–H groups in total. The summed E-state index contributed by atoms with van der Waals surface area (Å²) in [7, 11) is 0. The summed E-state index contributed by atoms with van der Waals surface area (Å²) in [5.74, 6) is 0. The third kappa shape index (κ3) is 2.37. The van der Waals surface area contributed by atoms with E-state index in [1.54, 1.807) is 19.1 Å². The predicted molar refractivity (Wildman–Crippen MR) is 91.4 cm³/mol. The highest BCUT2D eigenvalue weighted by molar-refractivity contribution is 5.93. The van der Waals surface area contributed by atoms with Crippen molar-refractivity contribution in [3.8, 4) is 6.01 Å². The van der Waals surface area contributed by atoms with Gasteiger partial charge in [0.1, 0.15) is 12.1 Å². The molecule has 136 valence electrons. The molecule has 1 aromatic carbocycles. The van der Waals surface area contributed by atoms with Gasteiger partial charge in [0.2, 0.25) is 0 Å². The first-order valence-electron chi connectivity index (χ1n) is 8.29. The molecule has 0 saturated heterocycles. The highest BCUT2D eigenvalue weighted by Gasteiger charge is 2.20. The van der Waals surface area contributed by atoms with E-state index in [2.05, 4.69) is 30.7 Å². The van der Waals surface area contributed by atoms with Crippen LogP contribution in [0.5, 0.6) is 6.01 Å². The smallest absolute Gasteiger partial charge is 0.299 e. The number of rotatable bonds is 3. The van der Waals surface area contributed by atoms with Crippen molar-refractivity contribution in [3.63, 3.8) is 0 Å². The second-order valence-corrected chi connectivity index (χ2v) is 6.27. The normalized spacial score (nSPS) is 14.4. The molecular formula is C15H13N9O3. The lowest BCUT2D eigenvalue weighted by atomic mass is 10.1. The molecule has 0 amide bonds. The van der Waals surface area contributed by atoms with Gasteiger partial charge in [-0.05, 0) is 24.3 Å². The molecule has 4 aromatic rings. The Labute approximate surface area is 150 Å². The van der Waals surface area contributed by atoms with Crippen LogP contribution in [0.3, 0.4) is 0 Å². The van der Waals surface area contributed by atoms with Crippen LogP contribution in [-0.4, -0.2) is 51.4 Å². The maximum absolute atomic E-state index is 12.9. The average molecular weight is 367 g/mol. The second-order valence-electron chi connectivity index (χ2n) is 6.27. The van der Waals surface area contributed by atoms with Crippen molar-refractivity contribution in [1.82, 2.24) is 44.8 Å². The van der Waals surface area contributed by atoms with E-state index in [4.69, 9.17) is 4.74 Å². The fourth-order valence-corrected chi connectivity index (χ4v) is 3.16. The molecule has 0 radical (unpaired) electrons. The van der Waals surface area contributed by atoms with E-state index in [-0.39, 0.29) is 23.2 Å². The zero-order valence-electron chi connectivity index (χ0n) is 14.2. The fraction of sp³-hybridized carbons (Fsp3) is 0.333. The topological polar surface area (TPSA) is 136 Å². The molecular weight excluding hydrogens is 354 g/mol. The first-order valence-corrected chi connectivity index (χ1v) is 8.29. The van der Waals surface area contributed by atoms with Crippen LogP contribution in [0.25, 0.3) is 21.8 Å². The van der Waals surface area contributed by atoms with Gasteiger partial charge in [0.05, 0.1) is 35.4 Å². The Hall–Kier alpha value is -3.70. The lowest BCUT2D eigenvalue weighted by Gasteiger charge is -2.12. The maximum atomic E-state index is 12.9. The molecule has 5 rings (SSSR count). The first kappa shape index (κ1) is 15.5. The number of tetrazole rings is 1. The van der Waals surface area contributed by atoms with Crippen LogP contribution in [-0.2, 0) is 13.1 Å². The summed E-state index contributed by atoms with van der Waals surface area (Å²) in [5, 5.41) is 20.2. The van der Waals surface area contributed by atoms with Gasteiger partial charge in [0, 0.05) is 0 Å². The number of hydrogen-bond acceptors (Lipinski definition) is 9. The first-order chi connectivity index (χ1) is 13.1. The summed E-state index contributed by atoms with van der Waals surface area (Å²) in [6.07, 6.45) is 1.32. The Morgan fingerprint density at radius 3 is 2.78 bits per heavy atom. The van der Waals surface area contributed by atoms with E-state index >= 15 is 0 Å². The molecule has 27 heavy (non-hydrogen) atoms. The Morgan fingerprint density at radius 1 is 1.15 bits per heavy atom. The highest BCUT2D eigenvalue weighted by atomic mass is 16.5. The summed E-state index contributed by atoms with van der Waals surface area (Å²) in [6.45, 7) is 2.97. The van der Waals surface area contributed by atoms with Gasteiger partial charge in [-0.25, -0.2) is 4.68 Å². The van der Waals surface area contributed by atoms with Crippen molar-refractivity contribution in [2.45, 2.75) is 26.1 Å². The standard InChI is InChI=1S/C15H13N9O3/c1-8(6-23-17-7-16-20-23)24-14(26)10-4-11-9(5-12(10)19-21-24)13(25)22-2-3-27-15(22)18-11/h4-5,7-8H,2-3,6H2,1H3. The van der Waals surface area contributed by atoms with Crippen LogP contribution in [0.4, 0.5) is 0 Å². The summed E-state index contributed by atoms with van der Waals surface area (Å²) in [5.41, 5.74) is 0.180. The van der Waals surface area contributed by atoms with E-state index in [0.717, 1.165) is 0 Å². The van der Waals surface area contributed by atoms with E-state index in [1.807, 2.05) is 0 Å². The lowest BCUT2D eigenvalue weighted by molar-refractivity contribution is 0.345. The third-order valence-electron chi connectivity index (χ3n) is 4.51. The van der Waals surface area contributed by atoms with Crippen molar-refractivity contribution in [3.05, 3.63) is 39.2 Å². The second kappa shape index (κ2) is 5.65. The minimum atomic E-state index is -0.346. The number of fused-ring (bicyclic) bond motifs is 3. The molecule has 1 atom stereocenters. The number of ether oxygens (including phenoxy) is 1. The summed E-state index contributed by atoms with van der Waals surface area (Å²) in [4.78, 5) is 31.2. The van der Waals surface area contributed by atoms with Crippen LogP contribution in [0, 0.1) is 0 Å². The van der Waals surface area contributed by atoms with Crippen LogP contribution < -0.4 is 15.9 Å². The van der Waals surface area contributed by atoms with Crippen molar-refractivity contribution in [1.29, 1.82) is 0 Å². The number of hydrogen-bond donors (Lipinski definition) is 0. The van der Waals surface area contributed by atoms with Crippen LogP contribution in [0.1, 0.15) is 13.0 Å². The maximum Gasteiger partial charge on any atom is 0.299 e. The molecule has 0 bridgehead atoms. The Kier molecular flexibility index (Phi) is 3.26. The molecule has 0 spiro atoms.